The van der Waals surface area contributed by atoms with Gasteiger partial charge in [0.1, 0.15) is 5.76 Å². The number of benzene rings is 1. The molecular weight excluding hydrogens is 318 g/mol. The summed E-state index contributed by atoms with van der Waals surface area (Å²) in [5, 5.41) is 0.381. The number of carbonyl (C=O) groups excluding carboxylic acids is 1. The molecule has 1 atom stereocenters. The van der Waals surface area contributed by atoms with E-state index in [-0.39, 0.29) is 11.9 Å². The first-order chi connectivity index (χ1) is 11.1. The van der Waals surface area contributed by atoms with Crippen LogP contribution in [0.25, 0.3) is 0 Å². The van der Waals surface area contributed by atoms with E-state index in [2.05, 4.69) is 0 Å². The molecule has 3 rings (SSSR count). The van der Waals surface area contributed by atoms with E-state index in [1.807, 2.05) is 13.0 Å². The Labute approximate surface area is 139 Å². The van der Waals surface area contributed by atoms with Gasteiger partial charge in [-0.2, -0.15) is 0 Å². The molecule has 1 aromatic carbocycles. The number of nitrogens with zero attached hydrogens (tertiary/aromatic N) is 1. The zero-order valence-corrected chi connectivity index (χ0v) is 13.8. The van der Waals surface area contributed by atoms with Crippen molar-refractivity contribution in [3.05, 3.63) is 46.9 Å². The van der Waals surface area contributed by atoms with Crippen molar-refractivity contribution in [1.29, 1.82) is 0 Å². The van der Waals surface area contributed by atoms with Crippen LogP contribution in [0.4, 0.5) is 0 Å². The molecule has 0 N–H and O–H groups in total. The quantitative estimate of drug-likeness (QED) is 0.852. The molecule has 5 nitrogen and oxygen atoms in total. The summed E-state index contributed by atoms with van der Waals surface area (Å²) in [6.45, 7) is 3.00. The van der Waals surface area contributed by atoms with E-state index < -0.39 is 0 Å². The highest BCUT2D eigenvalue weighted by Gasteiger charge is 2.24. The smallest absolute Gasteiger partial charge is 0.254 e. The third-order valence-corrected chi connectivity index (χ3v) is 4.19. The summed E-state index contributed by atoms with van der Waals surface area (Å²) in [6, 6.07) is 6.75. The Morgan fingerprint density at radius 3 is 2.83 bits per heavy atom. The van der Waals surface area contributed by atoms with Crippen LogP contribution < -0.4 is 9.47 Å². The third-order valence-electron chi connectivity index (χ3n) is 3.91. The Hall–Kier alpha value is -2.14. The largest absolute Gasteiger partial charge is 0.489 e. The normalized spacial score (nSPS) is 14.9. The van der Waals surface area contributed by atoms with Crippen LogP contribution in [0.3, 0.4) is 0 Å². The van der Waals surface area contributed by atoms with Crippen molar-refractivity contribution in [2.75, 3.05) is 20.3 Å². The van der Waals surface area contributed by atoms with E-state index in [0.29, 0.717) is 35.3 Å². The van der Waals surface area contributed by atoms with Gasteiger partial charge in [0.25, 0.3) is 5.91 Å². The minimum atomic E-state index is -0.188. The molecule has 1 unspecified atom stereocenters. The van der Waals surface area contributed by atoms with Crippen molar-refractivity contribution < 1.29 is 18.7 Å². The van der Waals surface area contributed by atoms with Gasteiger partial charge >= 0.3 is 0 Å². The first-order valence-corrected chi connectivity index (χ1v) is 7.85. The number of rotatable bonds is 3. The number of halogens is 1. The Balaban J connectivity index is 1.87. The van der Waals surface area contributed by atoms with Crippen LogP contribution in [0, 0.1) is 0 Å². The molecule has 1 amide bonds. The van der Waals surface area contributed by atoms with Crippen LogP contribution in [-0.2, 0) is 0 Å². The van der Waals surface area contributed by atoms with E-state index in [1.165, 1.54) is 0 Å². The van der Waals surface area contributed by atoms with Crippen LogP contribution >= 0.6 is 11.6 Å². The average molecular weight is 336 g/mol. The monoisotopic (exact) mass is 335 g/mol. The molecule has 2 heterocycles. The summed E-state index contributed by atoms with van der Waals surface area (Å²) in [4.78, 5) is 14.3. The van der Waals surface area contributed by atoms with Crippen LogP contribution in [0.5, 0.6) is 11.5 Å². The van der Waals surface area contributed by atoms with Gasteiger partial charge in [0.2, 0.25) is 0 Å². The van der Waals surface area contributed by atoms with Crippen LogP contribution in [-0.4, -0.2) is 31.1 Å². The molecule has 0 saturated heterocycles. The molecule has 1 aliphatic rings. The molecule has 122 valence electrons. The van der Waals surface area contributed by atoms with E-state index in [0.717, 1.165) is 12.2 Å². The van der Waals surface area contributed by atoms with E-state index in [9.17, 15) is 4.79 Å². The molecule has 1 aromatic heterocycles. The van der Waals surface area contributed by atoms with Crippen molar-refractivity contribution in [2.45, 2.75) is 19.4 Å². The number of fused-ring (bicyclic) bond motifs is 1. The summed E-state index contributed by atoms with van der Waals surface area (Å²) in [7, 11) is 1.73. The fourth-order valence-corrected chi connectivity index (χ4v) is 2.72. The molecule has 6 heteroatoms. The van der Waals surface area contributed by atoms with Gasteiger partial charge < -0.3 is 18.8 Å². The van der Waals surface area contributed by atoms with Gasteiger partial charge in [0, 0.05) is 19.0 Å². The second kappa shape index (κ2) is 6.54. The van der Waals surface area contributed by atoms with Gasteiger partial charge in [0.15, 0.2) is 11.5 Å². The zero-order valence-electron chi connectivity index (χ0n) is 13.0. The lowest BCUT2D eigenvalue weighted by molar-refractivity contribution is 0.0725. The van der Waals surface area contributed by atoms with Gasteiger partial charge in [-0.15, -0.1) is 0 Å². The molecule has 1 aliphatic heterocycles. The Bertz CT molecular complexity index is 699. The van der Waals surface area contributed by atoms with E-state index >= 15 is 0 Å². The highest BCUT2D eigenvalue weighted by molar-refractivity contribution is 6.32. The Morgan fingerprint density at radius 1 is 1.30 bits per heavy atom. The molecule has 0 fully saturated rings. The molecular formula is C17H18ClNO4. The fourth-order valence-electron chi connectivity index (χ4n) is 2.45. The van der Waals surface area contributed by atoms with Crippen LogP contribution in [0.2, 0.25) is 5.02 Å². The lowest BCUT2D eigenvalue weighted by atomic mass is 10.1. The van der Waals surface area contributed by atoms with Crippen molar-refractivity contribution in [1.82, 2.24) is 4.90 Å². The van der Waals surface area contributed by atoms with Crippen molar-refractivity contribution in [3.63, 3.8) is 0 Å². The number of furan rings is 1. The highest BCUT2D eigenvalue weighted by Crippen LogP contribution is 2.38. The third kappa shape index (κ3) is 3.15. The molecule has 0 radical (unpaired) electrons. The predicted molar refractivity (Wildman–Crippen MR) is 86.3 cm³/mol. The Morgan fingerprint density at radius 2 is 2.09 bits per heavy atom. The maximum Gasteiger partial charge on any atom is 0.254 e. The number of hydrogen-bond acceptors (Lipinski definition) is 4. The van der Waals surface area contributed by atoms with Crippen molar-refractivity contribution in [2.24, 2.45) is 0 Å². The maximum absolute atomic E-state index is 12.7. The number of hydrogen-bond donors (Lipinski definition) is 0. The number of carbonyl (C=O) groups is 1. The summed E-state index contributed by atoms with van der Waals surface area (Å²) in [6.07, 6.45) is 2.37. The zero-order chi connectivity index (χ0) is 16.4. The van der Waals surface area contributed by atoms with E-state index in [4.69, 9.17) is 25.5 Å². The summed E-state index contributed by atoms with van der Waals surface area (Å²) < 4.78 is 16.6. The lowest BCUT2D eigenvalue weighted by Gasteiger charge is -2.24. The molecule has 0 saturated carbocycles. The standard InChI is InChI=1S/C17H18ClNO4/c1-11(14-5-3-6-21-14)19(2)17(20)12-9-13(18)16-15(10-12)22-7-4-8-23-16/h3,5-6,9-11H,4,7-8H2,1-2H3. The lowest BCUT2D eigenvalue weighted by Crippen LogP contribution is -2.29. The SMILES string of the molecule is CC(c1ccco1)N(C)C(=O)c1cc(Cl)c2c(c1)OCCCO2. The maximum atomic E-state index is 12.7. The fraction of sp³-hybridized carbons (Fsp3) is 0.353. The summed E-state index contributed by atoms with van der Waals surface area (Å²) in [5.74, 6) is 1.58. The molecule has 0 spiro atoms. The minimum absolute atomic E-state index is 0.161. The Kier molecular flexibility index (Phi) is 4.48. The second-order valence-electron chi connectivity index (χ2n) is 5.44. The second-order valence-corrected chi connectivity index (χ2v) is 5.85. The topological polar surface area (TPSA) is 51.9 Å². The first-order valence-electron chi connectivity index (χ1n) is 7.47. The average Bonchev–Trinajstić information content (AvgIpc) is 2.98. The number of amides is 1. The van der Waals surface area contributed by atoms with E-state index in [1.54, 1.807) is 36.4 Å². The highest BCUT2D eigenvalue weighted by atomic mass is 35.5. The molecule has 23 heavy (non-hydrogen) atoms. The van der Waals surface area contributed by atoms with Gasteiger partial charge in [-0.1, -0.05) is 11.6 Å². The van der Waals surface area contributed by atoms with Crippen LogP contribution in [0.1, 0.15) is 35.5 Å². The van der Waals surface area contributed by atoms with Gasteiger partial charge in [-0.3, -0.25) is 4.79 Å². The first kappa shape index (κ1) is 15.7. The molecule has 0 aliphatic carbocycles. The van der Waals surface area contributed by atoms with Crippen molar-refractivity contribution in [3.8, 4) is 11.5 Å². The molecule has 0 bridgehead atoms. The van der Waals surface area contributed by atoms with Gasteiger partial charge in [-0.25, -0.2) is 0 Å². The van der Waals surface area contributed by atoms with Gasteiger partial charge in [0.05, 0.1) is 30.5 Å². The van der Waals surface area contributed by atoms with Crippen molar-refractivity contribution >= 4 is 17.5 Å². The van der Waals surface area contributed by atoms with Gasteiger partial charge in [-0.05, 0) is 31.2 Å². The summed E-state index contributed by atoms with van der Waals surface area (Å²) >= 11 is 6.25. The molecule has 2 aromatic rings. The van der Waals surface area contributed by atoms with Crippen LogP contribution in [0.15, 0.2) is 34.9 Å². The number of ether oxygens (including phenoxy) is 2. The minimum Gasteiger partial charge on any atom is -0.489 e. The summed E-state index contributed by atoms with van der Waals surface area (Å²) in [5.41, 5.74) is 0.458. The predicted octanol–water partition coefficient (Wildman–Crippen LogP) is 3.93.